The molecule has 15 heavy (non-hydrogen) atoms. The highest BCUT2D eigenvalue weighted by atomic mass is 19.4. The number of hydrogen-bond acceptors (Lipinski definition) is 2. The molecule has 0 aromatic carbocycles. The van der Waals surface area contributed by atoms with E-state index in [-0.39, 0.29) is 11.6 Å². The van der Waals surface area contributed by atoms with Crippen LogP contribution < -0.4 is 5.56 Å². The lowest BCUT2D eigenvalue weighted by molar-refractivity contribution is -0.141. The molecule has 0 N–H and O–H groups in total. The Hall–Kier alpha value is -1.33. The summed E-state index contributed by atoms with van der Waals surface area (Å²) < 4.78 is 36.8. The molecule has 0 bridgehead atoms. The molecule has 0 atom stereocenters. The molecule has 1 rings (SSSR count). The monoisotopic (exact) mass is 220 g/mol. The van der Waals surface area contributed by atoms with E-state index in [0.29, 0.717) is 4.57 Å². The summed E-state index contributed by atoms with van der Waals surface area (Å²) in [5, 5.41) is 0. The van der Waals surface area contributed by atoms with Gasteiger partial charge >= 0.3 is 6.18 Å². The Morgan fingerprint density at radius 1 is 1.47 bits per heavy atom. The van der Waals surface area contributed by atoms with E-state index in [1.165, 1.54) is 6.20 Å². The SMILES string of the molecule is CC(C)c1nccn(CC(F)(F)F)c1=O. The topological polar surface area (TPSA) is 34.9 Å². The number of alkyl halides is 3. The third-order valence-corrected chi connectivity index (χ3v) is 1.84. The zero-order chi connectivity index (χ0) is 11.6. The van der Waals surface area contributed by atoms with Crippen LogP contribution in [0.25, 0.3) is 0 Å². The van der Waals surface area contributed by atoms with Crippen molar-refractivity contribution in [3.05, 3.63) is 28.4 Å². The maximum absolute atomic E-state index is 12.1. The maximum Gasteiger partial charge on any atom is 0.406 e. The number of halogens is 3. The van der Waals surface area contributed by atoms with Gasteiger partial charge in [0.2, 0.25) is 0 Å². The molecule has 0 aliphatic rings. The number of nitrogens with zero attached hydrogens (tertiary/aromatic N) is 2. The summed E-state index contributed by atoms with van der Waals surface area (Å²) in [5.41, 5.74) is -0.522. The molecule has 0 aliphatic heterocycles. The van der Waals surface area contributed by atoms with E-state index in [4.69, 9.17) is 0 Å². The van der Waals surface area contributed by atoms with Gasteiger partial charge in [0, 0.05) is 18.3 Å². The minimum atomic E-state index is -4.39. The highest BCUT2D eigenvalue weighted by Crippen LogP contribution is 2.16. The van der Waals surface area contributed by atoms with Crippen LogP contribution in [0.4, 0.5) is 13.2 Å². The first kappa shape index (κ1) is 11.7. The van der Waals surface area contributed by atoms with Gasteiger partial charge in [-0.3, -0.25) is 9.78 Å². The molecular weight excluding hydrogens is 209 g/mol. The second kappa shape index (κ2) is 4.04. The fourth-order valence-corrected chi connectivity index (χ4v) is 1.18. The summed E-state index contributed by atoms with van der Waals surface area (Å²) in [5.74, 6) is -0.182. The molecule has 0 spiro atoms. The Labute approximate surface area is 84.6 Å². The molecule has 0 unspecified atom stereocenters. The Kier molecular flexibility index (Phi) is 3.16. The van der Waals surface area contributed by atoms with Crippen molar-refractivity contribution in [3.63, 3.8) is 0 Å². The van der Waals surface area contributed by atoms with Crippen molar-refractivity contribution < 1.29 is 13.2 Å². The predicted molar refractivity (Wildman–Crippen MR) is 48.6 cm³/mol. The summed E-state index contributed by atoms with van der Waals surface area (Å²) in [6, 6.07) is 0. The van der Waals surface area contributed by atoms with E-state index in [9.17, 15) is 18.0 Å². The second-order valence-electron chi connectivity index (χ2n) is 3.52. The molecule has 6 heteroatoms. The van der Waals surface area contributed by atoms with Crippen LogP contribution in [0, 0.1) is 0 Å². The molecule has 0 fully saturated rings. The maximum atomic E-state index is 12.1. The van der Waals surface area contributed by atoms with Crippen LogP contribution in [-0.4, -0.2) is 15.7 Å². The van der Waals surface area contributed by atoms with Crippen LogP contribution in [0.1, 0.15) is 25.5 Å². The van der Waals surface area contributed by atoms with E-state index in [1.807, 2.05) is 0 Å². The van der Waals surface area contributed by atoms with Gasteiger partial charge in [-0.25, -0.2) is 0 Å². The van der Waals surface area contributed by atoms with Gasteiger partial charge in [0.15, 0.2) is 0 Å². The van der Waals surface area contributed by atoms with E-state index in [1.54, 1.807) is 13.8 Å². The van der Waals surface area contributed by atoms with Crippen molar-refractivity contribution >= 4 is 0 Å². The van der Waals surface area contributed by atoms with Gasteiger partial charge in [0.25, 0.3) is 5.56 Å². The standard InChI is InChI=1S/C9H11F3N2O/c1-6(2)7-8(15)14(4-3-13-7)5-9(10,11)12/h3-4,6H,5H2,1-2H3. The van der Waals surface area contributed by atoms with Gasteiger partial charge in [-0.15, -0.1) is 0 Å². The zero-order valence-electron chi connectivity index (χ0n) is 8.38. The molecule has 1 aromatic rings. The highest BCUT2D eigenvalue weighted by molar-refractivity contribution is 5.02. The number of hydrogen-bond donors (Lipinski definition) is 0. The normalized spacial score (nSPS) is 12.1. The molecule has 0 saturated carbocycles. The first-order valence-corrected chi connectivity index (χ1v) is 4.43. The second-order valence-corrected chi connectivity index (χ2v) is 3.52. The molecule has 0 amide bonds. The fraction of sp³-hybridized carbons (Fsp3) is 0.556. The van der Waals surface area contributed by atoms with Crippen molar-refractivity contribution in [2.24, 2.45) is 0 Å². The van der Waals surface area contributed by atoms with Crippen LogP contribution in [0.5, 0.6) is 0 Å². The third kappa shape index (κ3) is 3.07. The van der Waals surface area contributed by atoms with Crippen molar-refractivity contribution in [3.8, 4) is 0 Å². The fourth-order valence-electron chi connectivity index (χ4n) is 1.18. The smallest absolute Gasteiger partial charge is 0.303 e. The molecular formula is C9H11F3N2O. The number of rotatable bonds is 2. The average molecular weight is 220 g/mol. The Morgan fingerprint density at radius 3 is 2.53 bits per heavy atom. The van der Waals surface area contributed by atoms with Crippen LogP contribution in [0.15, 0.2) is 17.2 Å². The minimum Gasteiger partial charge on any atom is -0.303 e. The lowest BCUT2D eigenvalue weighted by Crippen LogP contribution is -2.30. The molecule has 1 heterocycles. The van der Waals surface area contributed by atoms with Crippen molar-refractivity contribution in [1.82, 2.24) is 9.55 Å². The third-order valence-electron chi connectivity index (χ3n) is 1.84. The highest BCUT2D eigenvalue weighted by Gasteiger charge is 2.28. The lowest BCUT2D eigenvalue weighted by Gasteiger charge is -2.11. The summed E-state index contributed by atoms with van der Waals surface area (Å²) in [6.45, 7) is 2.15. The minimum absolute atomic E-state index is 0.154. The summed E-state index contributed by atoms with van der Waals surface area (Å²) in [6.07, 6.45) is -2.14. The Balaban J connectivity index is 3.11. The number of aromatic nitrogens is 2. The summed E-state index contributed by atoms with van der Waals surface area (Å²) in [7, 11) is 0. The first-order valence-electron chi connectivity index (χ1n) is 4.43. The Morgan fingerprint density at radius 2 is 2.07 bits per heavy atom. The van der Waals surface area contributed by atoms with E-state index >= 15 is 0 Å². The van der Waals surface area contributed by atoms with Gasteiger partial charge in [-0.1, -0.05) is 13.8 Å². The average Bonchev–Trinajstić information content (AvgIpc) is 2.05. The first-order chi connectivity index (χ1) is 6.81. The molecule has 84 valence electrons. The quantitative estimate of drug-likeness (QED) is 0.763. The van der Waals surface area contributed by atoms with Crippen LogP contribution in [0.2, 0.25) is 0 Å². The van der Waals surface area contributed by atoms with Gasteiger partial charge in [0.1, 0.15) is 12.2 Å². The largest absolute Gasteiger partial charge is 0.406 e. The summed E-state index contributed by atoms with van der Waals surface area (Å²) in [4.78, 5) is 15.3. The molecule has 0 radical (unpaired) electrons. The molecule has 3 nitrogen and oxygen atoms in total. The molecule has 0 aliphatic carbocycles. The van der Waals surface area contributed by atoms with E-state index in [0.717, 1.165) is 6.20 Å². The lowest BCUT2D eigenvalue weighted by atomic mass is 10.1. The molecule has 0 saturated heterocycles. The van der Waals surface area contributed by atoms with Crippen molar-refractivity contribution in [1.29, 1.82) is 0 Å². The van der Waals surface area contributed by atoms with E-state index in [2.05, 4.69) is 4.98 Å². The molecule has 1 aromatic heterocycles. The predicted octanol–water partition coefficient (Wildman–Crippen LogP) is 1.93. The van der Waals surface area contributed by atoms with Crippen LogP contribution in [-0.2, 0) is 6.54 Å². The van der Waals surface area contributed by atoms with Gasteiger partial charge in [-0.2, -0.15) is 13.2 Å². The van der Waals surface area contributed by atoms with E-state index < -0.39 is 18.3 Å². The van der Waals surface area contributed by atoms with Crippen LogP contribution >= 0.6 is 0 Å². The Bertz CT molecular complexity index is 395. The van der Waals surface area contributed by atoms with Crippen molar-refractivity contribution in [2.75, 3.05) is 0 Å². The van der Waals surface area contributed by atoms with Crippen molar-refractivity contribution in [2.45, 2.75) is 32.5 Å². The van der Waals surface area contributed by atoms with Crippen LogP contribution in [0.3, 0.4) is 0 Å². The summed E-state index contributed by atoms with van der Waals surface area (Å²) >= 11 is 0. The van der Waals surface area contributed by atoms with Gasteiger partial charge < -0.3 is 4.57 Å². The van der Waals surface area contributed by atoms with Gasteiger partial charge in [-0.05, 0) is 0 Å². The zero-order valence-corrected chi connectivity index (χ0v) is 8.38. The van der Waals surface area contributed by atoms with Gasteiger partial charge in [0.05, 0.1) is 0 Å².